The van der Waals surface area contributed by atoms with E-state index in [4.69, 9.17) is 0 Å². The van der Waals surface area contributed by atoms with Crippen LogP contribution < -0.4 is 0 Å². The summed E-state index contributed by atoms with van der Waals surface area (Å²) in [5.41, 5.74) is 2.68. The van der Waals surface area contributed by atoms with Gasteiger partial charge in [0, 0.05) is 11.1 Å². The summed E-state index contributed by atoms with van der Waals surface area (Å²) < 4.78 is 1.92. The summed E-state index contributed by atoms with van der Waals surface area (Å²) in [7, 11) is 0. The van der Waals surface area contributed by atoms with E-state index in [0.29, 0.717) is 11.6 Å². The molecule has 0 fully saturated rings. The van der Waals surface area contributed by atoms with Crippen molar-refractivity contribution >= 4 is 22.6 Å². The normalized spacial score (nSPS) is 11.4. The van der Waals surface area contributed by atoms with Gasteiger partial charge in [-0.1, -0.05) is 13.8 Å². The summed E-state index contributed by atoms with van der Waals surface area (Å²) in [6.07, 6.45) is 0.898. The minimum atomic E-state index is 0.293. The summed E-state index contributed by atoms with van der Waals surface area (Å²) in [5.74, 6) is 0.293. The minimum Gasteiger partial charge on any atom is -0.296 e. The van der Waals surface area contributed by atoms with E-state index in [1.54, 1.807) is 11.3 Å². The molecule has 0 unspecified atom stereocenters. The fourth-order valence-corrected chi connectivity index (χ4v) is 2.46. The number of carbonyl (C=O) groups is 1. The van der Waals surface area contributed by atoms with Crippen LogP contribution in [-0.4, -0.2) is 15.7 Å². The maximum absolute atomic E-state index is 11.0. The highest BCUT2D eigenvalue weighted by molar-refractivity contribution is 7.15. The number of carbonyl (C=O) groups excluding carboxylic acids is 1. The molecule has 0 saturated heterocycles. The van der Waals surface area contributed by atoms with Crippen LogP contribution in [-0.2, 0) is 0 Å². The molecule has 0 atom stereocenters. The molecule has 0 bridgehead atoms. The zero-order chi connectivity index (χ0) is 10.3. The molecule has 74 valence electrons. The maximum atomic E-state index is 11.0. The Hall–Kier alpha value is -1.16. The molecule has 0 radical (unpaired) electrons. The second-order valence-corrected chi connectivity index (χ2v) is 4.49. The van der Waals surface area contributed by atoms with Crippen LogP contribution in [0, 0.1) is 6.92 Å². The van der Waals surface area contributed by atoms with Crippen molar-refractivity contribution in [3.8, 4) is 0 Å². The number of aryl methyl sites for hydroxylation is 1. The highest BCUT2D eigenvalue weighted by Crippen LogP contribution is 2.24. The first-order valence-corrected chi connectivity index (χ1v) is 5.44. The lowest BCUT2D eigenvalue weighted by atomic mass is 10.1. The molecule has 2 aromatic heterocycles. The van der Waals surface area contributed by atoms with Crippen molar-refractivity contribution < 1.29 is 4.79 Å². The molecule has 4 heteroatoms. The number of hydrogen-bond acceptors (Lipinski definition) is 3. The predicted octanol–water partition coefficient (Wildman–Crippen LogP) is 2.64. The highest BCUT2D eigenvalue weighted by atomic mass is 32.1. The lowest BCUT2D eigenvalue weighted by molar-refractivity contribution is 0.111. The molecule has 0 aliphatic carbocycles. The van der Waals surface area contributed by atoms with E-state index in [1.807, 2.05) is 16.7 Å². The fraction of sp³-hybridized carbons (Fsp3) is 0.400. The van der Waals surface area contributed by atoms with Gasteiger partial charge < -0.3 is 0 Å². The van der Waals surface area contributed by atoms with E-state index in [-0.39, 0.29) is 0 Å². The van der Waals surface area contributed by atoms with Gasteiger partial charge in [-0.05, 0) is 12.8 Å². The van der Waals surface area contributed by atoms with Crippen molar-refractivity contribution in [3.63, 3.8) is 0 Å². The quantitative estimate of drug-likeness (QED) is 0.711. The smallest absolute Gasteiger partial charge is 0.194 e. The number of imidazole rings is 1. The van der Waals surface area contributed by atoms with Crippen LogP contribution in [0.1, 0.15) is 41.6 Å². The zero-order valence-electron chi connectivity index (χ0n) is 8.44. The Balaban J connectivity index is 2.80. The maximum Gasteiger partial charge on any atom is 0.194 e. The molecule has 2 heterocycles. The van der Waals surface area contributed by atoms with E-state index >= 15 is 0 Å². The third-order valence-corrected chi connectivity index (χ3v) is 3.20. The van der Waals surface area contributed by atoms with Crippen LogP contribution in [0.25, 0.3) is 4.96 Å². The van der Waals surface area contributed by atoms with E-state index in [9.17, 15) is 4.79 Å². The van der Waals surface area contributed by atoms with Crippen LogP contribution in [0.2, 0.25) is 0 Å². The lowest BCUT2D eigenvalue weighted by Gasteiger charge is -2.00. The van der Waals surface area contributed by atoms with Gasteiger partial charge in [0.05, 0.1) is 5.69 Å². The zero-order valence-corrected chi connectivity index (χ0v) is 9.26. The Morgan fingerprint density at radius 2 is 2.29 bits per heavy atom. The average Bonchev–Trinajstić information content (AvgIpc) is 2.66. The summed E-state index contributed by atoms with van der Waals surface area (Å²) in [4.78, 5) is 16.4. The van der Waals surface area contributed by atoms with Gasteiger partial charge in [0.15, 0.2) is 11.2 Å². The van der Waals surface area contributed by atoms with Crippen molar-refractivity contribution in [1.29, 1.82) is 0 Å². The Bertz CT molecular complexity index is 481. The number of aromatic nitrogens is 2. The van der Waals surface area contributed by atoms with Gasteiger partial charge in [-0.2, -0.15) is 0 Å². The largest absolute Gasteiger partial charge is 0.296 e. The molecule has 14 heavy (non-hydrogen) atoms. The molecule has 0 saturated carbocycles. The molecule has 0 amide bonds. The van der Waals surface area contributed by atoms with E-state index in [0.717, 1.165) is 22.6 Å². The molecular weight excluding hydrogens is 196 g/mol. The van der Waals surface area contributed by atoms with Crippen molar-refractivity contribution in [3.05, 3.63) is 22.5 Å². The third-order valence-electron chi connectivity index (χ3n) is 2.26. The number of thiazole rings is 1. The van der Waals surface area contributed by atoms with Gasteiger partial charge in [-0.15, -0.1) is 11.3 Å². The molecule has 2 aromatic rings. The monoisotopic (exact) mass is 208 g/mol. The van der Waals surface area contributed by atoms with Crippen molar-refractivity contribution in [1.82, 2.24) is 9.38 Å². The van der Waals surface area contributed by atoms with Gasteiger partial charge in [0.2, 0.25) is 0 Å². The van der Waals surface area contributed by atoms with Gasteiger partial charge in [0.1, 0.15) is 5.69 Å². The summed E-state index contributed by atoms with van der Waals surface area (Å²) in [5, 5.41) is 2.01. The molecule has 0 N–H and O–H groups in total. The van der Waals surface area contributed by atoms with E-state index in [2.05, 4.69) is 18.8 Å². The first kappa shape index (κ1) is 9.40. The Morgan fingerprint density at radius 1 is 1.57 bits per heavy atom. The van der Waals surface area contributed by atoms with Gasteiger partial charge in [-0.25, -0.2) is 4.98 Å². The van der Waals surface area contributed by atoms with Gasteiger partial charge in [0.25, 0.3) is 0 Å². The standard InChI is InChI=1S/C10H12N2OS/c1-6(2)9-8(4-13)12-7(3)5-14-10(12)11-9/h4-6H,1-3H3. The summed E-state index contributed by atoms with van der Waals surface area (Å²) in [6.45, 7) is 6.09. The molecule has 0 spiro atoms. The molecule has 3 nitrogen and oxygen atoms in total. The van der Waals surface area contributed by atoms with Crippen LogP contribution in [0.4, 0.5) is 0 Å². The third kappa shape index (κ3) is 1.18. The SMILES string of the molecule is Cc1csc2nc(C(C)C)c(C=O)n12. The number of aldehydes is 1. The Kier molecular flexibility index (Phi) is 2.15. The summed E-state index contributed by atoms with van der Waals surface area (Å²) >= 11 is 1.57. The molecule has 0 aromatic carbocycles. The number of nitrogens with zero attached hydrogens (tertiary/aromatic N) is 2. The van der Waals surface area contributed by atoms with Crippen molar-refractivity contribution in [2.45, 2.75) is 26.7 Å². The van der Waals surface area contributed by atoms with Crippen LogP contribution >= 0.6 is 11.3 Å². The van der Waals surface area contributed by atoms with Crippen LogP contribution in [0.15, 0.2) is 5.38 Å². The van der Waals surface area contributed by atoms with E-state index < -0.39 is 0 Å². The molecule has 0 aliphatic rings. The van der Waals surface area contributed by atoms with E-state index in [1.165, 1.54) is 0 Å². The van der Waals surface area contributed by atoms with Crippen LogP contribution in [0.3, 0.4) is 0 Å². The first-order valence-electron chi connectivity index (χ1n) is 4.56. The van der Waals surface area contributed by atoms with Crippen molar-refractivity contribution in [2.75, 3.05) is 0 Å². The van der Waals surface area contributed by atoms with Crippen LogP contribution in [0.5, 0.6) is 0 Å². The molecule has 2 rings (SSSR count). The molecular formula is C10H12N2OS. The minimum absolute atomic E-state index is 0.293. The first-order chi connectivity index (χ1) is 6.65. The van der Waals surface area contributed by atoms with Gasteiger partial charge in [-0.3, -0.25) is 9.20 Å². The number of fused-ring (bicyclic) bond motifs is 1. The highest BCUT2D eigenvalue weighted by Gasteiger charge is 2.16. The number of hydrogen-bond donors (Lipinski definition) is 0. The summed E-state index contributed by atoms with van der Waals surface area (Å²) in [6, 6.07) is 0. The second kappa shape index (κ2) is 3.20. The Labute approximate surface area is 86.4 Å². The fourth-order valence-electron chi connectivity index (χ4n) is 1.58. The Morgan fingerprint density at radius 3 is 2.86 bits per heavy atom. The number of rotatable bonds is 2. The average molecular weight is 208 g/mol. The van der Waals surface area contributed by atoms with Crippen molar-refractivity contribution in [2.24, 2.45) is 0 Å². The van der Waals surface area contributed by atoms with Gasteiger partial charge >= 0.3 is 0 Å². The molecule has 0 aliphatic heterocycles. The lowest BCUT2D eigenvalue weighted by Crippen LogP contribution is -1.97. The predicted molar refractivity (Wildman–Crippen MR) is 57.3 cm³/mol. The topological polar surface area (TPSA) is 34.4 Å². The second-order valence-electron chi connectivity index (χ2n) is 3.65.